The zero-order chi connectivity index (χ0) is 16.1. The largest absolute Gasteiger partial charge is 0.375 e. The lowest BCUT2D eigenvalue weighted by molar-refractivity contribution is -0.139. The minimum atomic E-state index is 0.154. The number of hydrogen-bond acceptors (Lipinski definition) is 5. The smallest absolute Gasteiger partial charge is 0.236 e. The van der Waals surface area contributed by atoms with Gasteiger partial charge < -0.3 is 15.0 Å². The van der Waals surface area contributed by atoms with Crippen molar-refractivity contribution < 1.29 is 9.53 Å². The van der Waals surface area contributed by atoms with Gasteiger partial charge in [-0.15, -0.1) is 0 Å². The van der Waals surface area contributed by atoms with Crippen LogP contribution in [0.5, 0.6) is 0 Å². The molecule has 1 aromatic heterocycles. The average molecular weight is 318 g/mol. The maximum absolute atomic E-state index is 12.4. The molecular weight excluding hydrogens is 292 g/mol. The van der Waals surface area contributed by atoms with Gasteiger partial charge in [-0.25, -0.2) is 4.98 Å². The van der Waals surface area contributed by atoms with Gasteiger partial charge in [0, 0.05) is 32.4 Å². The molecule has 0 bridgehead atoms. The van der Waals surface area contributed by atoms with Gasteiger partial charge >= 0.3 is 0 Å². The summed E-state index contributed by atoms with van der Waals surface area (Å²) in [6, 6.07) is 5.88. The van der Waals surface area contributed by atoms with Gasteiger partial charge in [0.1, 0.15) is 5.82 Å². The number of hydrogen-bond donors (Lipinski definition) is 1. The lowest BCUT2D eigenvalue weighted by Gasteiger charge is -2.32. The van der Waals surface area contributed by atoms with Crippen LogP contribution in [0.1, 0.15) is 13.3 Å². The first-order valence-electron chi connectivity index (χ1n) is 8.47. The molecule has 126 valence electrons. The highest BCUT2D eigenvalue weighted by Gasteiger charge is 2.27. The molecular formula is C17H26N4O2. The molecule has 3 heterocycles. The summed E-state index contributed by atoms with van der Waals surface area (Å²) in [6.45, 7) is 7.55. The molecule has 1 N–H and O–H groups in total. The van der Waals surface area contributed by atoms with Crippen LogP contribution in [0, 0.1) is 5.92 Å². The van der Waals surface area contributed by atoms with E-state index in [1.807, 2.05) is 30.0 Å². The topological polar surface area (TPSA) is 57.7 Å². The van der Waals surface area contributed by atoms with Gasteiger partial charge in [-0.1, -0.05) is 6.07 Å². The fourth-order valence-corrected chi connectivity index (χ4v) is 3.28. The molecule has 2 saturated heterocycles. The van der Waals surface area contributed by atoms with Gasteiger partial charge in [0.25, 0.3) is 0 Å². The van der Waals surface area contributed by atoms with E-state index < -0.39 is 0 Å². The number of nitrogens with zero attached hydrogens (tertiary/aromatic N) is 3. The van der Waals surface area contributed by atoms with E-state index in [2.05, 4.69) is 15.2 Å². The highest BCUT2D eigenvalue weighted by Crippen LogP contribution is 2.17. The molecule has 1 aromatic rings. The molecule has 0 unspecified atom stereocenters. The van der Waals surface area contributed by atoms with E-state index in [4.69, 9.17) is 4.74 Å². The predicted molar refractivity (Wildman–Crippen MR) is 89.3 cm³/mol. The van der Waals surface area contributed by atoms with Gasteiger partial charge in [-0.2, -0.15) is 0 Å². The lowest BCUT2D eigenvalue weighted by Crippen LogP contribution is -2.48. The summed E-state index contributed by atoms with van der Waals surface area (Å²) in [5.41, 5.74) is 0. The minimum absolute atomic E-state index is 0.154. The molecule has 0 saturated carbocycles. The van der Waals surface area contributed by atoms with Crippen LogP contribution < -0.4 is 5.32 Å². The van der Waals surface area contributed by atoms with Crippen molar-refractivity contribution in [2.45, 2.75) is 19.4 Å². The van der Waals surface area contributed by atoms with Crippen molar-refractivity contribution in [3.05, 3.63) is 24.4 Å². The third-order valence-electron chi connectivity index (χ3n) is 4.56. The first-order valence-corrected chi connectivity index (χ1v) is 8.47. The van der Waals surface area contributed by atoms with Crippen molar-refractivity contribution in [2.75, 3.05) is 51.2 Å². The molecule has 0 spiro atoms. The Bertz CT molecular complexity index is 511. The zero-order valence-electron chi connectivity index (χ0n) is 13.8. The summed E-state index contributed by atoms with van der Waals surface area (Å²) in [6.07, 6.45) is 3.08. The van der Waals surface area contributed by atoms with Crippen LogP contribution >= 0.6 is 0 Å². The molecule has 2 aliphatic heterocycles. The second kappa shape index (κ2) is 7.75. The average Bonchev–Trinajstić information content (AvgIpc) is 3.01. The fourth-order valence-electron chi connectivity index (χ4n) is 3.28. The summed E-state index contributed by atoms with van der Waals surface area (Å²) in [4.78, 5) is 20.9. The van der Waals surface area contributed by atoms with Gasteiger partial charge in [0.05, 0.1) is 19.3 Å². The molecule has 6 nitrogen and oxygen atoms in total. The van der Waals surface area contributed by atoms with Crippen molar-refractivity contribution >= 4 is 11.7 Å². The van der Waals surface area contributed by atoms with E-state index >= 15 is 0 Å². The number of anilines is 1. The van der Waals surface area contributed by atoms with Crippen LogP contribution in [0.15, 0.2) is 24.4 Å². The van der Waals surface area contributed by atoms with E-state index in [1.165, 1.54) is 0 Å². The summed E-state index contributed by atoms with van der Waals surface area (Å²) < 4.78 is 5.50. The van der Waals surface area contributed by atoms with E-state index in [1.54, 1.807) is 6.20 Å². The number of aromatic nitrogens is 1. The first kappa shape index (κ1) is 16.2. The fraction of sp³-hybridized carbons (Fsp3) is 0.647. The molecule has 0 radical (unpaired) electrons. The Kier molecular flexibility index (Phi) is 5.46. The van der Waals surface area contributed by atoms with Crippen LogP contribution in [0.4, 0.5) is 5.82 Å². The molecule has 2 atom stereocenters. The molecule has 0 aliphatic carbocycles. The Hall–Kier alpha value is -1.66. The van der Waals surface area contributed by atoms with Crippen molar-refractivity contribution in [3.8, 4) is 0 Å². The summed E-state index contributed by atoms with van der Waals surface area (Å²) >= 11 is 0. The summed E-state index contributed by atoms with van der Waals surface area (Å²) in [7, 11) is 0. The normalized spacial score (nSPS) is 25.5. The van der Waals surface area contributed by atoms with Crippen LogP contribution in [-0.2, 0) is 9.53 Å². The molecule has 3 rings (SSSR count). The Balaban J connectivity index is 1.40. The standard InChI is InChI=1S/C17H26N4O2/c1-14-11-21(8-9-23-14)17(22)13-20-7-5-15(12-20)10-19-16-4-2-3-6-18-16/h2-4,6,14-15H,5,7-13H2,1H3,(H,18,19)/t14-,15+/m1/s1. The Labute approximate surface area is 137 Å². The highest BCUT2D eigenvalue weighted by atomic mass is 16.5. The quantitative estimate of drug-likeness (QED) is 0.880. The van der Waals surface area contributed by atoms with Crippen LogP contribution in [-0.4, -0.2) is 72.7 Å². The maximum atomic E-state index is 12.4. The van der Waals surface area contributed by atoms with E-state index in [9.17, 15) is 4.79 Å². The summed E-state index contributed by atoms with van der Waals surface area (Å²) in [5, 5.41) is 3.38. The van der Waals surface area contributed by atoms with Crippen molar-refractivity contribution in [3.63, 3.8) is 0 Å². The van der Waals surface area contributed by atoms with Crippen molar-refractivity contribution in [1.29, 1.82) is 0 Å². The van der Waals surface area contributed by atoms with E-state index in [0.717, 1.165) is 45.0 Å². The molecule has 0 aromatic carbocycles. The third-order valence-corrected chi connectivity index (χ3v) is 4.56. The summed E-state index contributed by atoms with van der Waals surface area (Å²) in [5.74, 6) is 1.73. The van der Waals surface area contributed by atoms with Gasteiger partial charge in [0.15, 0.2) is 0 Å². The number of ether oxygens (including phenoxy) is 1. The van der Waals surface area contributed by atoms with Crippen LogP contribution in [0.3, 0.4) is 0 Å². The maximum Gasteiger partial charge on any atom is 0.236 e. The molecule has 6 heteroatoms. The monoisotopic (exact) mass is 318 g/mol. The number of nitrogens with one attached hydrogen (secondary N) is 1. The number of carbonyl (C=O) groups is 1. The SMILES string of the molecule is C[C@@H]1CN(C(=O)CN2CC[C@@H](CNc3ccccn3)C2)CCO1. The number of likely N-dealkylation sites (tertiary alicyclic amines) is 1. The second-order valence-electron chi connectivity index (χ2n) is 6.51. The third kappa shape index (κ3) is 4.65. The first-order chi connectivity index (χ1) is 11.2. The Morgan fingerprint density at radius 3 is 3.09 bits per heavy atom. The second-order valence-corrected chi connectivity index (χ2v) is 6.51. The molecule has 2 fully saturated rings. The van der Waals surface area contributed by atoms with E-state index in [0.29, 0.717) is 19.1 Å². The van der Waals surface area contributed by atoms with Crippen molar-refractivity contribution in [2.24, 2.45) is 5.92 Å². The van der Waals surface area contributed by atoms with E-state index in [-0.39, 0.29) is 12.0 Å². The van der Waals surface area contributed by atoms with Crippen molar-refractivity contribution in [1.82, 2.24) is 14.8 Å². The molecule has 23 heavy (non-hydrogen) atoms. The van der Waals surface area contributed by atoms with Gasteiger partial charge in [-0.05, 0) is 37.9 Å². The Morgan fingerprint density at radius 2 is 2.30 bits per heavy atom. The van der Waals surface area contributed by atoms with Gasteiger partial charge in [0.2, 0.25) is 5.91 Å². The Morgan fingerprint density at radius 1 is 1.39 bits per heavy atom. The zero-order valence-corrected chi connectivity index (χ0v) is 13.8. The highest BCUT2D eigenvalue weighted by molar-refractivity contribution is 5.78. The number of pyridine rings is 1. The minimum Gasteiger partial charge on any atom is -0.375 e. The number of rotatable bonds is 5. The molecule has 1 amide bonds. The van der Waals surface area contributed by atoms with Crippen LogP contribution in [0.2, 0.25) is 0 Å². The number of carbonyl (C=O) groups excluding carboxylic acids is 1. The lowest BCUT2D eigenvalue weighted by atomic mass is 10.1. The number of morpholine rings is 1. The number of amides is 1. The van der Waals surface area contributed by atoms with Crippen LogP contribution in [0.25, 0.3) is 0 Å². The van der Waals surface area contributed by atoms with Gasteiger partial charge in [-0.3, -0.25) is 9.69 Å². The molecule has 2 aliphatic rings. The predicted octanol–water partition coefficient (Wildman–Crippen LogP) is 1.06.